The molecule has 2 aromatic rings. The maximum Gasteiger partial charge on any atom is 0.246 e. The Bertz CT molecular complexity index is 598. The van der Waals surface area contributed by atoms with Crippen molar-refractivity contribution in [3.05, 3.63) is 71.8 Å². The summed E-state index contributed by atoms with van der Waals surface area (Å²) in [5, 5.41) is 10.3. The Hall–Kier alpha value is -2.30. The Morgan fingerprint density at radius 1 is 1.05 bits per heavy atom. The van der Waals surface area contributed by atoms with Gasteiger partial charge in [-0.25, -0.2) is 0 Å². The average molecular weight is 268 g/mol. The van der Waals surface area contributed by atoms with Gasteiger partial charge in [0, 0.05) is 0 Å². The summed E-state index contributed by atoms with van der Waals surface area (Å²) in [5.74, 6) is -0.801. The van der Waals surface area contributed by atoms with Crippen LogP contribution in [-0.2, 0) is 15.2 Å². The molecule has 0 spiro atoms. The summed E-state index contributed by atoms with van der Waals surface area (Å²) in [5.41, 5.74) is 4.19. The number of carbonyl (C=O) groups excluding carboxylic acids is 2. The second-order valence-electron chi connectivity index (χ2n) is 4.43. The molecule has 0 aliphatic carbocycles. The second-order valence-corrected chi connectivity index (χ2v) is 4.43. The van der Waals surface area contributed by atoms with E-state index in [0.29, 0.717) is 5.56 Å². The largest absolute Gasteiger partial charge is 0.371 e. The number of hydrogen-bond donors (Lipinski definition) is 2. The lowest BCUT2D eigenvalue weighted by molar-refractivity contribution is -0.133. The summed E-state index contributed by atoms with van der Waals surface area (Å²) in [6.45, 7) is 0. The average Bonchev–Trinajstić information content (AvgIpc) is 2.54. The summed E-state index contributed by atoms with van der Waals surface area (Å²) in [6, 6.07) is 15.4. The normalized spacial score (nSPS) is 15.1. The number of hydrogen-bond acceptors (Lipinski definition) is 4. The van der Waals surface area contributed by atoms with Crippen LogP contribution in [-0.4, -0.2) is 17.2 Å². The third-order valence-corrected chi connectivity index (χ3v) is 3.14. The highest BCUT2D eigenvalue weighted by molar-refractivity contribution is 6.05. The zero-order valence-corrected chi connectivity index (χ0v) is 10.7. The van der Waals surface area contributed by atoms with Gasteiger partial charge in [0.1, 0.15) is 0 Å². The van der Waals surface area contributed by atoms with Crippen molar-refractivity contribution >= 4 is 12.1 Å². The fraction of sp³-hybridized carbons (Fsp3) is 0.125. The zero-order chi connectivity index (χ0) is 14.6. The Morgan fingerprint density at radius 2 is 1.55 bits per heavy atom. The van der Waals surface area contributed by atoms with E-state index in [-0.39, 0.29) is 5.56 Å². The maximum absolute atomic E-state index is 12.4. The summed E-state index contributed by atoms with van der Waals surface area (Å²) >= 11 is 0. The van der Waals surface area contributed by atoms with Gasteiger partial charge in [-0.1, -0.05) is 60.7 Å². The topological polar surface area (TPSA) is 80.4 Å². The minimum Gasteiger partial charge on any atom is -0.371 e. The van der Waals surface area contributed by atoms with E-state index in [0.717, 1.165) is 0 Å². The first-order valence-corrected chi connectivity index (χ1v) is 6.11. The van der Waals surface area contributed by atoms with Crippen molar-refractivity contribution in [2.24, 2.45) is 5.73 Å². The van der Waals surface area contributed by atoms with Crippen molar-refractivity contribution in [1.29, 1.82) is 0 Å². The number of aliphatic hydroxyl groups is 1. The first-order valence-electron chi connectivity index (χ1n) is 6.11. The van der Waals surface area contributed by atoms with Gasteiger partial charge in [0.2, 0.25) is 11.9 Å². The molecule has 0 aliphatic rings. The van der Waals surface area contributed by atoms with Gasteiger partial charge in [-0.2, -0.15) is 0 Å². The lowest BCUT2D eigenvalue weighted by Crippen LogP contribution is -2.43. The Labute approximate surface area is 116 Å². The molecule has 2 unspecified atom stereocenters. The van der Waals surface area contributed by atoms with Gasteiger partial charge in [-0.3, -0.25) is 9.59 Å². The van der Waals surface area contributed by atoms with E-state index in [1.54, 1.807) is 48.5 Å². The maximum atomic E-state index is 12.4. The van der Waals surface area contributed by atoms with Crippen LogP contribution < -0.4 is 5.73 Å². The number of ketones is 1. The molecule has 101 valence electrons. The zero-order valence-electron chi connectivity index (χ0n) is 10.7. The van der Waals surface area contributed by atoms with E-state index >= 15 is 0 Å². The van der Waals surface area contributed by atoms with Gasteiger partial charge in [0.25, 0.3) is 0 Å². The lowest BCUT2D eigenvalue weighted by atomic mass is 9.85. The Morgan fingerprint density at radius 3 is 2.05 bits per heavy atom. The van der Waals surface area contributed by atoms with Crippen molar-refractivity contribution < 1.29 is 14.7 Å². The molecule has 0 saturated heterocycles. The Kier molecular flexibility index (Phi) is 4.08. The second kappa shape index (κ2) is 5.77. The number of nitrogens with two attached hydrogens (primary N) is 1. The van der Waals surface area contributed by atoms with E-state index in [1.807, 2.05) is 0 Å². The number of benzene rings is 2. The molecule has 0 aliphatic heterocycles. The van der Waals surface area contributed by atoms with Crippen LogP contribution >= 0.6 is 0 Å². The van der Waals surface area contributed by atoms with Crippen molar-refractivity contribution in [2.45, 2.75) is 11.6 Å². The SMILES string of the molecule is NC(C(=O)C(O)([C]=O)c1ccccc1)c1ccccc1. The minimum atomic E-state index is -2.35. The van der Waals surface area contributed by atoms with E-state index < -0.39 is 17.4 Å². The molecule has 1 radical (unpaired) electrons. The fourth-order valence-corrected chi connectivity index (χ4v) is 1.97. The lowest BCUT2D eigenvalue weighted by Gasteiger charge is -2.23. The minimum absolute atomic E-state index is 0.159. The molecule has 2 aromatic carbocycles. The molecule has 0 aromatic heterocycles. The Balaban J connectivity index is 2.37. The van der Waals surface area contributed by atoms with Gasteiger partial charge < -0.3 is 10.8 Å². The van der Waals surface area contributed by atoms with Crippen molar-refractivity contribution in [2.75, 3.05) is 0 Å². The van der Waals surface area contributed by atoms with Crippen LogP contribution in [0.15, 0.2) is 60.7 Å². The van der Waals surface area contributed by atoms with Gasteiger partial charge >= 0.3 is 0 Å². The van der Waals surface area contributed by atoms with Gasteiger partial charge in [0.05, 0.1) is 6.04 Å². The summed E-state index contributed by atoms with van der Waals surface area (Å²) < 4.78 is 0. The summed E-state index contributed by atoms with van der Waals surface area (Å²) in [4.78, 5) is 23.5. The van der Waals surface area contributed by atoms with Gasteiger partial charge in [-0.15, -0.1) is 0 Å². The van der Waals surface area contributed by atoms with E-state index in [2.05, 4.69) is 0 Å². The first kappa shape index (κ1) is 14.1. The number of carbonyl (C=O) groups is 1. The van der Waals surface area contributed by atoms with Crippen LogP contribution in [0.2, 0.25) is 0 Å². The number of Topliss-reactive ketones (excluding diaryl/α,β-unsaturated/α-hetero) is 1. The van der Waals surface area contributed by atoms with Crippen LogP contribution in [0.25, 0.3) is 0 Å². The number of rotatable bonds is 5. The predicted octanol–water partition coefficient (Wildman–Crippen LogP) is 1.25. The molecule has 4 heteroatoms. The molecule has 0 heterocycles. The van der Waals surface area contributed by atoms with E-state index in [1.165, 1.54) is 18.4 Å². The molecule has 0 saturated carbocycles. The summed E-state index contributed by atoms with van der Waals surface area (Å²) in [7, 11) is 0. The molecule has 0 bridgehead atoms. The molecule has 2 rings (SSSR count). The van der Waals surface area contributed by atoms with Gasteiger partial charge in [-0.05, 0) is 11.1 Å². The molecule has 0 amide bonds. The van der Waals surface area contributed by atoms with Crippen LogP contribution in [0.5, 0.6) is 0 Å². The molecular formula is C16H14NO3. The molecule has 0 fully saturated rings. The first-order chi connectivity index (χ1) is 9.59. The molecule has 4 nitrogen and oxygen atoms in total. The van der Waals surface area contributed by atoms with Crippen LogP contribution in [0.3, 0.4) is 0 Å². The highest BCUT2D eigenvalue weighted by Crippen LogP contribution is 2.26. The van der Waals surface area contributed by atoms with Crippen molar-refractivity contribution in [3.63, 3.8) is 0 Å². The molecule has 2 atom stereocenters. The van der Waals surface area contributed by atoms with Crippen LogP contribution in [0.4, 0.5) is 0 Å². The monoisotopic (exact) mass is 268 g/mol. The fourth-order valence-electron chi connectivity index (χ4n) is 1.97. The standard InChI is InChI=1S/C16H14NO3/c17-14(12-7-3-1-4-8-12)15(19)16(20,11-18)13-9-5-2-6-10-13/h1-10,14,20H,17H2. The molecule has 3 N–H and O–H groups in total. The smallest absolute Gasteiger partial charge is 0.246 e. The van der Waals surface area contributed by atoms with Crippen LogP contribution in [0, 0.1) is 0 Å². The molecular weight excluding hydrogens is 254 g/mol. The van der Waals surface area contributed by atoms with E-state index in [4.69, 9.17) is 5.73 Å². The quantitative estimate of drug-likeness (QED) is 0.800. The van der Waals surface area contributed by atoms with Crippen LogP contribution in [0.1, 0.15) is 17.2 Å². The van der Waals surface area contributed by atoms with Crippen molar-refractivity contribution in [3.8, 4) is 0 Å². The molecule has 20 heavy (non-hydrogen) atoms. The van der Waals surface area contributed by atoms with Crippen molar-refractivity contribution in [1.82, 2.24) is 0 Å². The highest BCUT2D eigenvalue weighted by atomic mass is 16.3. The summed E-state index contributed by atoms with van der Waals surface area (Å²) in [6.07, 6.45) is 1.42. The third kappa shape index (κ3) is 2.52. The van der Waals surface area contributed by atoms with Gasteiger partial charge in [0.15, 0.2) is 5.78 Å². The van der Waals surface area contributed by atoms with E-state index in [9.17, 15) is 14.7 Å². The predicted molar refractivity (Wildman–Crippen MR) is 74.4 cm³/mol. The highest BCUT2D eigenvalue weighted by Gasteiger charge is 2.42. The third-order valence-electron chi connectivity index (χ3n) is 3.14.